The average Bonchev–Trinajstić information content (AvgIpc) is 2.71. The number of ether oxygens (including phenoxy) is 2. The quantitative estimate of drug-likeness (QED) is 0.609. The second kappa shape index (κ2) is 8.39. The summed E-state index contributed by atoms with van der Waals surface area (Å²) in [6.45, 7) is 4.27. The van der Waals surface area contributed by atoms with Crippen molar-refractivity contribution < 1.29 is 14.3 Å². The number of nitrogens with two attached hydrogens (primary N) is 1. The zero-order valence-electron chi connectivity index (χ0n) is 16.0. The minimum atomic E-state index is -0.396. The molecule has 0 saturated carbocycles. The van der Waals surface area contributed by atoms with Crippen LogP contribution in [-0.4, -0.2) is 23.0 Å². The Morgan fingerprint density at radius 2 is 1.71 bits per heavy atom. The van der Waals surface area contributed by atoms with E-state index < -0.39 is 5.97 Å². The number of hydrogen-bond acceptors (Lipinski definition) is 7. The maximum absolute atomic E-state index is 11.5. The van der Waals surface area contributed by atoms with Crippen LogP contribution in [0.15, 0.2) is 54.9 Å². The molecule has 0 amide bonds. The maximum Gasteiger partial charge on any atom is 0.337 e. The van der Waals surface area contributed by atoms with Gasteiger partial charge in [0.1, 0.15) is 17.8 Å². The number of nitrogens with one attached hydrogen (secondary N) is 1. The van der Waals surface area contributed by atoms with Gasteiger partial charge in [-0.15, -0.1) is 0 Å². The highest BCUT2D eigenvalue weighted by molar-refractivity contribution is 5.89. The number of carbonyl (C=O) groups excluding carboxylic acids is 1. The number of anilines is 3. The minimum absolute atomic E-state index is 0.265. The topological polar surface area (TPSA) is 99.4 Å². The fourth-order valence-corrected chi connectivity index (χ4v) is 2.54. The van der Waals surface area contributed by atoms with Crippen molar-refractivity contribution in [3.05, 3.63) is 66.0 Å². The molecular formula is C21H22N4O3. The van der Waals surface area contributed by atoms with Crippen molar-refractivity contribution in [3.63, 3.8) is 0 Å². The lowest BCUT2D eigenvalue weighted by molar-refractivity contribution is 0.0601. The molecule has 0 aliphatic rings. The van der Waals surface area contributed by atoms with Crippen LogP contribution in [0.3, 0.4) is 0 Å². The Morgan fingerprint density at radius 3 is 2.32 bits per heavy atom. The van der Waals surface area contributed by atoms with Gasteiger partial charge in [0.15, 0.2) is 5.82 Å². The number of esters is 1. The second-order valence-electron chi connectivity index (χ2n) is 6.46. The van der Waals surface area contributed by atoms with Crippen molar-refractivity contribution in [1.82, 2.24) is 9.97 Å². The molecule has 0 fully saturated rings. The van der Waals surface area contributed by atoms with Crippen molar-refractivity contribution >= 4 is 23.2 Å². The van der Waals surface area contributed by atoms with Crippen LogP contribution in [-0.2, 0) is 4.74 Å². The number of carbonyl (C=O) groups is 1. The molecular weight excluding hydrogens is 356 g/mol. The smallest absolute Gasteiger partial charge is 0.337 e. The summed E-state index contributed by atoms with van der Waals surface area (Å²) in [6, 6.07) is 14.6. The third-order valence-electron chi connectivity index (χ3n) is 4.18. The molecule has 1 aromatic heterocycles. The third kappa shape index (κ3) is 4.37. The molecule has 0 bridgehead atoms. The summed E-state index contributed by atoms with van der Waals surface area (Å²) in [5.41, 5.74) is 8.85. The van der Waals surface area contributed by atoms with Gasteiger partial charge >= 0.3 is 5.97 Å². The van der Waals surface area contributed by atoms with E-state index in [1.54, 1.807) is 24.3 Å². The predicted molar refractivity (Wildman–Crippen MR) is 108 cm³/mol. The first-order chi connectivity index (χ1) is 13.5. The fraction of sp³-hybridized carbons (Fsp3) is 0.190. The maximum atomic E-state index is 11.5. The molecule has 3 N–H and O–H groups in total. The van der Waals surface area contributed by atoms with E-state index in [9.17, 15) is 4.79 Å². The van der Waals surface area contributed by atoms with Crippen molar-refractivity contribution in [3.8, 4) is 11.6 Å². The molecule has 0 atom stereocenters. The fourth-order valence-electron chi connectivity index (χ4n) is 2.54. The summed E-state index contributed by atoms with van der Waals surface area (Å²) in [7, 11) is 1.34. The van der Waals surface area contributed by atoms with Crippen LogP contribution in [0.1, 0.15) is 35.7 Å². The first kappa shape index (κ1) is 19.2. The lowest BCUT2D eigenvalue weighted by Gasteiger charge is -2.12. The van der Waals surface area contributed by atoms with Gasteiger partial charge in [-0.25, -0.2) is 9.78 Å². The van der Waals surface area contributed by atoms with E-state index in [2.05, 4.69) is 33.9 Å². The van der Waals surface area contributed by atoms with E-state index in [-0.39, 0.29) is 11.6 Å². The Balaban J connectivity index is 1.76. The number of methoxy groups -OCH3 is 1. The molecule has 0 aliphatic carbocycles. The molecule has 144 valence electrons. The molecule has 3 rings (SSSR count). The summed E-state index contributed by atoms with van der Waals surface area (Å²) in [4.78, 5) is 19.8. The summed E-state index contributed by atoms with van der Waals surface area (Å²) in [5.74, 6) is 1.37. The standard InChI is InChI=1S/C21H22N4O3/c1-13(2)14-6-10-17(11-7-14)28-20-18(22)19(23-12-24-20)25-16-8-4-15(5-9-16)21(26)27-3/h4-13H,22H2,1-3H3,(H,23,24,25). The van der Waals surface area contributed by atoms with E-state index in [1.807, 2.05) is 24.3 Å². The highest BCUT2D eigenvalue weighted by Crippen LogP contribution is 2.31. The number of nitrogen functional groups attached to an aromatic ring is 1. The third-order valence-corrected chi connectivity index (χ3v) is 4.18. The van der Waals surface area contributed by atoms with E-state index in [1.165, 1.54) is 19.0 Å². The molecule has 0 unspecified atom stereocenters. The van der Waals surface area contributed by atoms with Crippen LogP contribution in [0.4, 0.5) is 17.2 Å². The summed E-state index contributed by atoms with van der Waals surface area (Å²) >= 11 is 0. The molecule has 0 saturated heterocycles. The second-order valence-corrected chi connectivity index (χ2v) is 6.46. The molecule has 1 heterocycles. The van der Waals surface area contributed by atoms with Crippen LogP contribution < -0.4 is 15.8 Å². The van der Waals surface area contributed by atoms with Gasteiger partial charge in [0.25, 0.3) is 0 Å². The number of nitrogens with zero attached hydrogens (tertiary/aromatic N) is 2. The van der Waals surface area contributed by atoms with Gasteiger partial charge in [-0.05, 0) is 47.9 Å². The Labute approximate surface area is 163 Å². The van der Waals surface area contributed by atoms with Gasteiger partial charge in [0.2, 0.25) is 5.88 Å². The largest absolute Gasteiger partial charge is 0.465 e. The first-order valence-electron chi connectivity index (χ1n) is 8.81. The van der Waals surface area contributed by atoms with Crippen molar-refractivity contribution in [2.24, 2.45) is 0 Å². The number of hydrogen-bond donors (Lipinski definition) is 2. The first-order valence-corrected chi connectivity index (χ1v) is 8.81. The summed E-state index contributed by atoms with van der Waals surface area (Å²) in [5, 5.41) is 3.10. The van der Waals surface area contributed by atoms with E-state index >= 15 is 0 Å². The Kier molecular flexibility index (Phi) is 5.74. The summed E-state index contributed by atoms with van der Waals surface area (Å²) in [6.07, 6.45) is 1.37. The van der Waals surface area contributed by atoms with E-state index in [0.29, 0.717) is 28.7 Å². The lowest BCUT2D eigenvalue weighted by Crippen LogP contribution is -2.04. The molecule has 0 spiro atoms. The monoisotopic (exact) mass is 378 g/mol. The van der Waals surface area contributed by atoms with Crippen molar-refractivity contribution in [1.29, 1.82) is 0 Å². The molecule has 3 aromatic rings. The van der Waals surface area contributed by atoms with E-state index in [4.69, 9.17) is 10.5 Å². The zero-order chi connectivity index (χ0) is 20.1. The normalized spacial score (nSPS) is 10.6. The molecule has 7 nitrogen and oxygen atoms in total. The average molecular weight is 378 g/mol. The Morgan fingerprint density at radius 1 is 1.04 bits per heavy atom. The van der Waals surface area contributed by atoms with E-state index in [0.717, 1.165) is 0 Å². The van der Waals surface area contributed by atoms with Crippen molar-refractivity contribution in [2.45, 2.75) is 19.8 Å². The highest BCUT2D eigenvalue weighted by atomic mass is 16.5. The van der Waals surface area contributed by atoms with Crippen LogP contribution >= 0.6 is 0 Å². The lowest BCUT2D eigenvalue weighted by atomic mass is 10.0. The Hall–Kier alpha value is -3.61. The summed E-state index contributed by atoms with van der Waals surface area (Å²) < 4.78 is 10.5. The highest BCUT2D eigenvalue weighted by Gasteiger charge is 2.12. The van der Waals surface area contributed by atoms with Gasteiger partial charge in [-0.3, -0.25) is 0 Å². The van der Waals surface area contributed by atoms with Gasteiger partial charge in [-0.1, -0.05) is 26.0 Å². The van der Waals surface area contributed by atoms with Crippen LogP contribution in [0.5, 0.6) is 11.6 Å². The molecule has 2 aromatic carbocycles. The SMILES string of the molecule is COC(=O)c1ccc(Nc2ncnc(Oc3ccc(C(C)C)cc3)c2N)cc1. The Bertz CT molecular complexity index is 954. The minimum Gasteiger partial charge on any atom is -0.465 e. The van der Waals surface area contributed by atoms with Crippen LogP contribution in [0, 0.1) is 0 Å². The van der Waals surface area contributed by atoms with Gasteiger partial charge in [-0.2, -0.15) is 4.98 Å². The zero-order valence-corrected chi connectivity index (χ0v) is 16.0. The van der Waals surface area contributed by atoms with Gasteiger partial charge in [0, 0.05) is 5.69 Å². The van der Waals surface area contributed by atoms with Crippen LogP contribution in [0.25, 0.3) is 0 Å². The molecule has 0 radical (unpaired) electrons. The predicted octanol–water partition coefficient (Wildman–Crippen LogP) is 4.50. The van der Waals surface area contributed by atoms with Crippen molar-refractivity contribution in [2.75, 3.05) is 18.2 Å². The van der Waals surface area contributed by atoms with Gasteiger partial charge in [0.05, 0.1) is 12.7 Å². The number of aromatic nitrogens is 2. The number of benzene rings is 2. The number of rotatable bonds is 6. The van der Waals surface area contributed by atoms with Crippen LogP contribution in [0.2, 0.25) is 0 Å². The molecule has 28 heavy (non-hydrogen) atoms. The molecule has 7 heteroatoms. The molecule has 0 aliphatic heterocycles. The van der Waals surface area contributed by atoms with Gasteiger partial charge < -0.3 is 20.5 Å².